The second-order valence-electron chi connectivity index (χ2n) is 8.77. The molecule has 0 saturated carbocycles. The Morgan fingerprint density at radius 1 is 1.22 bits per heavy atom. The third-order valence-electron chi connectivity index (χ3n) is 6.31. The molecule has 0 aliphatic carbocycles. The molecule has 1 N–H and O–H groups in total. The largest absolute Gasteiger partial charge is 0.493 e. The van der Waals surface area contributed by atoms with Crippen molar-refractivity contribution in [1.29, 1.82) is 0 Å². The van der Waals surface area contributed by atoms with E-state index in [1.807, 2.05) is 0 Å². The summed E-state index contributed by atoms with van der Waals surface area (Å²) in [4.78, 5) is 14.1. The minimum absolute atomic E-state index is 0.0685. The summed E-state index contributed by atoms with van der Waals surface area (Å²) < 4.78 is 57.2. The second-order valence-corrected chi connectivity index (χ2v) is 10.2. The zero-order valence-electron chi connectivity index (χ0n) is 18.8. The van der Waals surface area contributed by atoms with Crippen LogP contribution in [0.3, 0.4) is 0 Å². The van der Waals surface area contributed by atoms with Crippen LogP contribution in [-0.2, 0) is 12.6 Å². The summed E-state index contributed by atoms with van der Waals surface area (Å²) in [5.41, 5.74) is -0.0788. The Bertz CT molecular complexity index is 1560. The molecule has 1 aromatic heterocycles. The van der Waals surface area contributed by atoms with Gasteiger partial charge in [-0.2, -0.15) is 23.4 Å². The van der Waals surface area contributed by atoms with Gasteiger partial charge in [0.15, 0.2) is 0 Å². The Hall–Kier alpha value is -3.02. The van der Waals surface area contributed by atoms with E-state index in [0.29, 0.717) is 27.5 Å². The van der Waals surface area contributed by atoms with Gasteiger partial charge in [0.2, 0.25) is 5.88 Å². The van der Waals surface area contributed by atoms with E-state index in [1.54, 1.807) is 30.1 Å². The molecule has 1 fully saturated rings. The zero-order chi connectivity index (χ0) is 25.8. The van der Waals surface area contributed by atoms with Crippen molar-refractivity contribution in [3.05, 3.63) is 83.2 Å². The van der Waals surface area contributed by atoms with Crippen LogP contribution in [0.15, 0.2) is 51.4 Å². The Morgan fingerprint density at radius 2 is 2.00 bits per heavy atom. The third-order valence-corrected chi connectivity index (χ3v) is 7.55. The Kier molecular flexibility index (Phi) is 6.26. The maximum Gasteiger partial charge on any atom is 0.416 e. The van der Waals surface area contributed by atoms with Gasteiger partial charge in [-0.15, -0.1) is 0 Å². The number of alkyl halides is 4. The van der Waals surface area contributed by atoms with E-state index in [-0.39, 0.29) is 40.5 Å². The number of halogens is 5. The van der Waals surface area contributed by atoms with E-state index in [4.69, 9.17) is 11.6 Å². The molecule has 2 aliphatic heterocycles. The smallest absolute Gasteiger partial charge is 0.416 e. The number of likely N-dealkylation sites (N-methyl/N-ethyl adjacent to an activating group) is 1. The monoisotopic (exact) mass is 538 g/mol. The maximum atomic E-state index is 14.7. The van der Waals surface area contributed by atoms with Crippen LogP contribution in [0, 0.1) is 0 Å². The van der Waals surface area contributed by atoms with Gasteiger partial charge in [0, 0.05) is 30.1 Å². The van der Waals surface area contributed by atoms with Gasteiger partial charge in [-0.3, -0.25) is 9.36 Å². The first-order chi connectivity index (χ1) is 17.0. The lowest BCUT2D eigenvalue weighted by molar-refractivity contribution is -0.138. The number of likely N-dealkylation sites (tertiary alicyclic amines) is 1. The molecule has 0 radical (unpaired) electrons. The molecule has 2 aromatic carbocycles. The van der Waals surface area contributed by atoms with Gasteiger partial charge in [-0.1, -0.05) is 35.1 Å². The number of aromatic nitrogens is 1. The molecule has 188 valence electrons. The summed E-state index contributed by atoms with van der Waals surface area (Å²) in [6, 6.07) is 7.56. The van der Waals surface area contributed by atoms with Crippen molar-refractivity contribution in [2.75, 3.05) is 20.1 Å². The molecular formula is C24H19ClF4N4O2S. The van der Waals surface area contributed by atoms with Crippen LogP contribution in [0.5, 0.6) is 5.88 Å². The zero-order valence-corrected chi connectivity index (χ0v) is 20.3. The van der Waals surface area contributed by atoms with Crippen LogP contribution < -0.4 is 15.4 Å². The number of nitrogens with zero attached hydrogens (tertiary/aromatic N) is 4. The fourth-order valence-electron chi connectivity index (χ4n) is 4.60. The summed E-state index contributed by atoms with van der Waals surface area (Å²) in [7, 11) is 1.70. The molecule has 12 heteroatoms. The topological polar surface area (TPSA) is 70.2 Å². The lowest BCUT2D eigenvalue weighted by Gasteiger charge is -2.16. The molecule has 1 saturated heterocycles. The third kappa shape index (κ3) is 4.46. The van der Waals surface area contributed by atoms with Gasteiger partial charge in [0.05, 0.1) is 28.1 Å². The standard InChI is InChI=1S/C24H19ClF4N4O2S/c1-32-10-18(26)20(11-32)33-22(34)21(36-23(33)35)16(12-3-5-19-14(6-12)9-30-31-19)7-13-2-4-15(25)8-17(13)24(27,28)29/h2-6,8-9,18,20,34H,7,10-11H2,1H3/t18-,20+/m1/s1. The summed E-state index contributed by atoms with van der Waals surface area (Å²) >= 11 is 6.52. The minimum atomic E-state index is -4.67. The summed E-state index contributed by atoms with van der Waals surface area (Å²) in [5.74, 6) is -0.468. The molecule has 2 aliphatic rings. The summed E-state index contributed by atoms with van der Waals surface area (Å²) in [6.45, 7) is 0.317. The van der Waals surface area contributed by atoms with Crippen molar-refractivity contribution in [2.45, 2.75) is 24.8 Å². The maximum absolute atomic E-state index is 14.7. The van der Waals surface area contributed by atoms with Gasteiger partial charge in [0.1, 0.15) is 6.17 Å². The van der Waals surface area contributed by atoms with E-state index in [1.165, 1.54) is 18.3 Å². The fraction of sp³-hybridized carbons (Fsp3) is 0.292. The molecule has 0 bridgehead atoms. The van der Waals surface area contributed by atoms with E-state index in [9.17, 15) is 27.5 Å². The van der Waals surface area contributed by atoms with Gasteiger partial charge in [-0.25, -0.2) is 4.39 Å². The predicted molar refractivity (Wildman–Crippen MR) is 129 cm³/mol. The first kappa shape index (κ1) is 24.7. The fourth-order valence-corrected chi connectivity index (χ4v) is 5.77. The number of benzene rings is 2. The highest BCUT2D eigenvalue weighted by Crippen LogP contribution is 2.38. The van der Waals surface area contributed by atoms with Crippen molar-refractivity contribution >= 4 is 34.7 Å². The van der Waals surface area contributed by atoms with Gasteiger partial charge in [0.25, 0.3) is 0 Å². The number of hydrogen-bond donors (Lipinski definition) is 1. The van der Waals surface area contributed by atoms with Crippen LogP contribution in [0.4, 0.5) is 17.6 Å². The predicted octanol–water partition coefficient (Wildman–Crippen LogP) is 3.52. The van der Waals surface area contributed by atoms with Crippen LogP contribution >= 0.6 is 22.9 Å². The molecule has 6 nitrogen and oxygen atoms in total. The summed E-state index contributed by atoms with van der Waals surface area (Å²) in [6.07, 6.45) is -4.81. The molecule has 0 unspecified atom stereocenters. The Labute approximate surface area is 211 Å². The second kappa shape index (κ2) is 9.13. The minimum Gasteiger partial charge on any atom is -0.493 e. The van der Waals surface area contributed by atoms with Gasteiger partial charge in [-0.05, 0) is 47.7 Å². The van der Waals surface area contributed by atoms with Gasteiger partial charge >= 0.3 is 11.0 Å². The van der Waals surface area contributed by atoms with E-state index >= 15 is 0 Å². The van der Waals surface area contributed by atoms with E-state index in [2.05, 4.69) is 10.2 Å². The highest BCUT2D eigenvalue weighted by molar-refractivity contribution is 7.10. The molecular weight excluding hydrogens is 520 g/mol. The average molecular weight is 539 g/mol. The van der Waals surface area contributed by atoms with Crippen molar-refractivity contribution in [3.8, 4) is 5.88 Å². The SMILES string of the molecule is CN1C[C@@H](F)[C@@H](n2c(O)c(C(Cc3ccc(Cl)cc3C(F)(F)F)=c3ccc4c(c3)C=NN=4)sc2=O)C1. The van der Waals surface area contributed by atoms with Gasteiger partial charge < -0.3 is 10.0 Å². The average Bonchev–Trinajstić information content (AvgIpc) is 3.48. The number of hydrogen-bond acceptors (Lipinski definition) is 6. The van der Waals surface area contributed by atoms with E-state index < -0.39 is 34.7 Å². The first-order valence-corrected chi connectivity index (χ1v) is 12.1. The number of thiazole rings is 1. The molecule has 0 spiro atoms. The number of rotatable bonds is 4. The van der Waals surface area contributed by atoms with E-state index in [0.717, 1.165) is 10.6 Å². The molecule has 3 aromatic rings. The quantitative estimate of drug-likeness (QED) is 0.517. The highest BCUT2D eigenvalue weighted by Gasteiger charge is 2.37. The number of aromatic hydroxyl groups is 1. The molecule has 3 heterocycles. The van der Waals surface area contributed by atoms with Crippen molar-refractivity contribution in [1.82, 2.24) is 9.47 Å². The normalized spacial score (nSPS) is 20.5. The molecule has 36 heavy (non-hydrogen) atoms. The van der Waals surface area contributed by atoms with Crippen molar-refractivity contribution in [3.63, 3.8) is 0 Å². The van der Waals surface area contributed by atoms with Crippen LogP contribution in [0.1, 0.15) is 27.6 Å². The summed E-state index contributed by atoms with van der Waals surface area (Å²) in [5, 5.41) is 19.9. The van der Waals surface area contributed by atoms with Crippen LogP contribution in [0.2, 0.25) is 5.02 Å². The molecule has 0 amide bonds. The lowest BCUT2D eigenvalue weighted by Crippen LogP contribution is -2.26. The van der Waals surface area contributed by atoms with Crippen molar-refractivity contribution in [2.24, 2.45) is 10.2 Å². The lowest BCUT2D eigenvalue weighted by atomic mass is 9.96. The Morgan fingerprint density at radius 3 is 2.69 bits per heavy atom. The number of fused-ring (bicyclic) bond motifs is 1. The highest BCUT2D eigenvalue weighted by atomic mass is 35.5. The molecule has 2 atom stereocenters. The van der Waals surface area contributed by atoms with Crippen molar-refractivity contribution < 1.29 is 22.7 Å². The first-order valence-electron chi connectivity index (χ1n) is 10.9. The molecule has 5 rings (SSSR count). The van der Waals surface area contributed by atoms with Crippen LogP contribution in [-0.4, -0.2) is 47.1 Å². The van der Waals surface area contributed by atoms with Crippen LogP contribution in [0.25, 0.3) is 5.57 Å². The Balaban J connectivity index is 1.72.